The second-order valence-corrected chi connectivity index (χ2v) is 9.64. The van der Waals surface area contributed by atoms with E-state index in [9.17, 15) is 22.8 Å². The number of benzene rings is 3. The van der Waals surface area contributed by atoms with E-state index in [1.165, 1.54) is 12.1 Å². The summed E-state index contributed by atoms with van der Waals surface area (Å²) < 4.78 is 50.1. The summed E-state index contributed by atoms with van der Waals surface area (Å²) in [6.07, 6.45) is -5.20. The minimum absolute atomic E-state index is 0.00153. The minimum Gasteiger partial charge on any atom is -0.490 e. The van der Waals surface area contributed by atoms with Crippen LogP contribution in [0, 0.1) is 5.92 Å². The van der Waals surface area contributed by atoms with Gasteiger partial charge in [-0.3, -0.25) is 14.9 Å². The number of nitrogens with one attached hydrogen (secondary N) is 3. The van der Waals surface area contributed by atoms with Crippen LogP contribution in [0.4, 0.5) is 13.2 Å². The molecule has 7 nitrogen and oxygen atoms in total. The zero-order valence-corrected chi connectivity index (χ0v) is 21.0. The molecule has 0 saturated carbocycles. The number of ether oxygens (including phenoxy) is 2. The Morgan fingerprint density at radius 1 is 1.03 bits per heavy atom. The van der Waals surface area contributed by atoms with Crippen LogP contribution in [0.2, 0.25) is 10.0 Å². The lowest BCUT2D eigenvalue weighted by atomic mass is 9.93. The van der Waals surface area contributed by atoms with Crippen molar-refractivity contribution in [1.82, 2.24) is 16.0 Å². The molecule has 0 spiro atoms. The van der Waals surface area contributed by atoms with Crippen LogP contribution in [0.5, 0.6) is 17.2 Å². The molecule has 0 radical (unpaired) electrons. The van der Waals surface area contributed by atoms with E-state index < -0.39 is 41.7 Å². The second kappa shape index (κ2) is 10.4. The Morgan fingerprint density at radius 3 is 2.29 bits per heavy atom. The van der Waals surface area contributed by atoms with Crippen molar-refractivity contribution in [3.05, 3.63) is 87.4 Å². The van der Waals surface area contributed by atoms with Gasteiger partial charge < -0.3 is 20.1 Å². The van der Waals surface area contributed by atoms with Gasteiger partial charge in [-0.05, 0) is 42.5 Å². The molecule has 1 fully saturated rings. The van der Waals surface area contributed by atoms with Crippen LogP contribution in [0.3, 0.4) is 0 Å². The molecule has 0 aromatic heterocycles. The molecule has 1 saturated heterocycles. The number of carbonyl (C=O) groups is 2. The third-order valence-corrected chi connectivity index (χ3v) is 6.65. The van der Waals surface area contributed by atoms with E-state index in [0.717, 1.165) is 12.1 Å². The standard InChI is InChI=1S/C26H20Cl2F3N3O4/c27-14-4-6-17-20(9-14)38-21-10-15(28)5-7-18(21)23(17)34-25(36)19-11-32-22(33-24(19)35)12-37-16-3-1-2-13(8-16)26(29,30)31/h1-10,19,22-23,32H,11-12H2,(H,33,35)(H,34,36). The molecule has 0 bridgehead atoms. The summed E-state index contributed by atoms with van der Waals surface area (Å²) in [5.41, 5.74) is 0.483. The lowest BCUT2D eigenvalue weighted by molar-refractivity contribution is -0.138. The molecule has 2 aliphatic heterocycles. The van der Waals surface area contributed by atoms with Gasteiger partial charge in [0.2, 0.25) is 11.8 Å². The van der Waals surface area contributed by atoms with Crippen LogP contribution in [0.1, 0.15) is 22.7 Å². The predicted molar refractivity (Wildman–Crippen MR) is 133 cm³/mol. The molecule has 3 aromatic rings. The molecule has 2 heterocycles. The van der Waals surface area contributed by atoms with Gasteiger partial charge in [0.1, 0.15) is 35.9 Å². The van der Waals surface area contributed by atoms with Crippen molar-refractivity contribution >= 4 is 35.0 Å². The van der Waals surface area contributed by atoms with Crippen molar-refractivity contribution in [3.8, 4) is 17.2 Å². The van der Waals surface area contributed by atoms with Gasteiger partial charge in [-0.15, -0.1) is 0 Å². The fraction of sp³-hybridized carbons (Fsp3) is 0.231. The number of rotatable bonds is 5. The summed E-state index contributed by atoms with van der Waals surface area (Å²) in [6.45, 7) is -0.137. The summed E-state index contributed by atoms with van der Waals surface area (Å²) in [4.78, 5) is 26.0. The molecule has 38 heavy (non-hydrogen) atoms. The van der Waals surface area contributed by atoms with Crippen molar-refractivity contribution in [3.63, 3.8) is 0 Å². The Hall–Kier alpha value is -3.47. The van der Waals surface area contributed by atoms with E-state index in [1.54, 1.807) is 36.4 Å². The van der Waals surface area contributed by atoms with Gasteiger partial charge in [-0.1, -0.05) is 41.4 Å². The molecule has 2 atom stereocenters. The average Bonchev–Trinajstić information content (AvgIpc) is 2.86. The predicted octanol–water partition coefficient (Wildman–Crippen LogP) is 5.06. The maximum absolute atomic E-state index is 13.2. The number of amides is 2. The highest BCUT2D eigenvalue weighted by atomic mass is 35.5. The summed E-state index contributed by atoms with van der Waals surface area (Å²) in [7, 11) is 0. The first-order valence-corrected chi connectivity index (χ1v) is 12.2. The summed E-state index contributed by atoms with van der Waals surface area (Å²) in [6, 6.07) is 13.9. The van der Waals surface area contributed by atoms with Gasteiger partial charge in [0, 0.05) is 27.7 Å². The molecule has 3 N–H and O–H groups in total. The normalized spacial score (nSPS) is 19.0. The summed E-state index contributed by atoms with van der Waals surface area (Å²) in [5.74, 6) is -1.22. The molecule has 2 aliphatic rings. The summed E-state index contributed by atoms with van der Waals surface area (Å²) in [5, 5.41) is 9.45. The van der Waals surface area contributed by atoms with Gasteiger partial charge in [0.05, 0.1) is 11.6 Å². The zero-order chi connectivity index (χ0) is 27.0. The largest absolute Gasteiger partial charge is 0.490 e. The van der Waals surface area contributed by atoms with E-state index >= 15 is 0 Å². The molecule has 0 aliphatic carbocycles. The topological polar surface area (TPSA) is 88.7 Å². The third-order valence-electron chi connectivity index (χ3n) is 6.18. The molecular formula is C26H20Cl2F3N3O4. The fourth-order valence-electron chi connectivity index (χ4n) is 4.28. The van der Waals surface area contributed by atoms with Gasteiger partial charge in [0.15, 0.2) is 0 Å². The maximum Gasteiger partial charge on any atom is 0.416 e. The van der Waals surface area contributed by atoms with Crippen molar-refractivity contribution in [2.45, 2.75) is 18.4 Å². The quantitative estimate of drug-likeness (QED) is 0.376. The van der Waals surface area contributed by atoms with Crippen LogP contribution in [0.15, 0.2) is 60.7 Å². The van der Waals surface area contributed by atoms with Gasteiger partial charge in [-0.2, -0.15) is 13.2 Å². The first kappa shape index (κ1) is 26.1. The van der Waals surface area contributed by atoms with E-state index in [4.69, 9.17) is 32.7 Å². The molecule has 12 heteroatoms. The highest BCUT2D eigenvalue weighted by Crippen LogP contribution is 2.44. The lowest BCUT2D eigenvalue weighted by Gasteiger charge is -2.33. The maximum atomic E-state index is 13.2. The summed E-state index contributed by atoms with van der Waals surface area (Å²) >= 11 is 12.2. The van der Waals surface area contributed by atoms with Crippen LogP contribution in [-0.4, -0.2) is 31.1 Å². The molecule has 3 aromatic carbocycles. The van der Waals surface area contributed by atoms with Gasteiger partial charge in [-0.25, -0.2) is 0 Å². The Kier molecular flexibility index (Phi) is 7.13. The van der Waals surface area contributed by atoms with Gasteiger partial charge in [0.25, 0.3) is 0 Å². The van der Waals surface area contributed by atoms with Crippen LogP contribution in [-0.2, 0) is 15.8 Å². The molecular weight excluding hydrogens is 546 g/mol. The average molecular weight is 566 g/mol. The number of hydrogen-bond donors (Lipinski definition) is 3. The minimum atomic E-state index is -4.50. The number of carbonyl (C=O) groups excluding carboxylic acids is 2. The van der Waals surface area contributed by atoms with E-state index in [-0.39, 0.29) is 18.9 Å². The van der Waals surface area contributed by atoms with Crippen molar-refractivity contribution in [2.75, 3.05) is 13.2 Å². The SMILES string of the molecule is O=C1NC(COc2cccc(C(F)(F)F)c2)NCC1C(=O)NC1c2ccc(Cl)cc2Oc2cc(Cl)ccc21. The number of hydrogen-bond acceptors (Lipinski definition) is 5. The van der Waals surface area contributed by atoms with Crippen LogP contribution < -0.4 is 25.4 Å². The molecule has 2 unspecified atom stereocenters. The van der Waals surface area contributed by atoms with Crippen molar-refractivity contribution < 1.29 is 32.2 Å². The highest BCUT2D eigenvalue weighted by Gasteiger charge is 2.37. The van der Waals surface area contributed by atoms with E-state index in [1.807, 2.05) is 0 Å². The van der Waals surface area contributed by atoms with Gasteiger partial charge >= 0.3 is 6.18 Å². The second-order valence-electron chi connectivity index (χ2n) is 8.77. The van der Waals surface area contributed by atoms with E-state index in [0.29, 0.717) is 32.7 Å². The smallest absolute Gasteiger partial charge is 0.416 e. The molecule has 2 amide bonds. The molecule has 198 valence electrons. The highest BCUT2D eigenvalue weighted by molar-refractivity contribution is 6.31. The third kappa shape index (κ3) is 5.52. The number of alkyl halides is 3. The molecule has 5 rings (SSSR count). The Balaban J connectivity index is 1.25. The van der Waals surface area contributed by atoms with E-state index in [2.05, 4.69) is 16.0 Å². The lowest BCUT2D eigenvalue weighted by Crippen LogP contribution is -2.61. The number of halogens is 5. The van der Waals surface area contributed by atoms with Crippen LogP contribution >= 0.6 is 23.2 Å². The van der Waals surface area contributed by atoms with Crippen molar-refractivity contribution in [1.29, 1.82) is 0 Å². The Labute approximate surface area is 225 Å². The monoisotopic (exact) mass is 565 g/mol. The zero-order valence-electron chi connectivity index (χ0n) is 19.4. The first-order valence-electron chi connectivity index (χ1n) is 11.5. The Bertz CT molecular complexity index is 1350. The number of fused-ring (bicyclic) bond motifs is 2. The van der Waals surface area contributed by atoms with Crippen molar-refractivity contribution in [2.24, 2.45) is 5.92 Å². The Morgan fingerprint density at radius 2 is 1.68 bits per heavy atom. The van der Waals surface area contributed by atoms with Crippen LogP contribution in [0.25, 0.3) is 0 Å². The fourth-order valence-corrected chi connectivity index (χ4v) is 4.61. The first-order chi connectivity index (χ1) is 18.1.